The molecule has 1 heterocycles. The maximum Gasteiger partial charge on any atom is 0.124 e. The van der Waals surface area contributed by atoms with E-state index in [1.165, 1.54) is 16.7 Å². The van der Waals surface area contributed by atoms with Gasteiger partial charge in [-0.25, -0.2) is 0 Å². The molecule has 0 saturated heterocycles. The average Bonchev–Trinajstić information content (AvgIpc) is 3.13. The second kappa shape index (κ2) is 9.49. The summed E-state index contributed by atoms with van der Waals surface area (Å²) in [5.41, 5.74) is 12.4. The summed E-state index contributed by atoms with van der Waals surface area (Å²) in [5.74, 6) is 1.48. The highest BCUT2D eigenvalue weighted by atomic mass is 15.3. The number of nitriles is 1. The molecule has 4 heteroatoms. The molecule has 4 nitrogen and oxygen atoms in total. The molecule has 0 atom stereocenters. The molecule has 4 aromatic rings. The Labute approximate surface area is 202 Å². The van der Waals surface area contributed by atoms with E-state index >= 15 is 0 Å². The van der Waals surface area contributed by atoms with Gasteiger partial charge in [0.1, 0.15) is 23.3 Å². The molecule has 4 rings (SSSR count). The van der Waals surface area contributed by atoms with Crippen molar-refractivity contribution in [3.63, 3.8) is 0 Å². The first kappa shape index (κ1) is 23.2. The third-order valence-corrected chi connectivity index (χ3v) is 6.04. The number of hydrogen-bond acceptors (Lipinski definition) is 3. The first-order chi connectivity index (χ1) is 16.3. The number of nitrogens with zero attached hydrogens (tertiary/aromatic N) is 3. The summed E-state index contributed by atoms with van der Waals surface area (Å²) in [6.07, 6.45) is 0. The van der Waals surface area contributed by atoms with E-state index in [1.807, 2.05) is 12.1 Å². The first-order valence-corrected chi connectivity index (χ1v) is 11.6. The van der Waals surface area contributed by atoms with Gasteiger partial charge in [-0.05, 0) is 44.4 Å². The quantitative estimate of drug-likeness (QED) is 0.350. The monoisotopic (exact) mass is 448 g/mol. The van der Waals surface area contributed by atoms with Gasteiger partial charge in [0.05, 0.1) is 0 Å². The van der Waals surface area contributed by atoms with Crippen LogP contribution >= 0.6 is 0 Å². The largest absolute Gasteiger partial charge is 0.384 e. The Kier molecular flexibility index (Phi) is 6.47. The summed E-state index contributed by atoms with van der Waals surface area (Å²) in [6, 6.07) is 31.7. The average molecular weight is 449 g/mol. The van der Waals surface area contributed by atoms with Gasteiger partial charge in [0.15, 0.2) is 0 Å². The Balaban J connectivity index is 2.00. The van der Waals surface area contributed by atoms with Crippen molar-refractivity contribution in [3.8, 4) is 17.2 Å². The van der Waals surface area contributed by atoms with Crippen molar-refractivity contribution >= 4 is 11.6 Å². The van der Waals surface area contributed by atoms with Crippen molar-refractivity contribution in [1.29, 1.82) is 5.26 Å². The predicted octanol–water partition coefficient (Wildman–Crippen LogP) is 6.88. The summed E-state index contributed by atoms with van der Waals surface area (Å²) in [7, 11) is 0. The fraction of sp³-hybridized carbons (Fsp3) is 0.233. The van der Waals surface area contributed by atoms with Crippen LogP contribution in [0.3, 0.4) is 0 Å². The van der Waals surface area contributed by atoms with Crippen LogP contribution in [0.5, 0.6) is 0 Å². The van der Waals surface area contributed by atoms with Crippen LogP contribution in [-0.4, -0.2) is 4.57 Å². The van der Waals surface area contributed by atoms with Gasteiger partial charge in [-0.1, -0.05) is 90.5 Å². The maximum absolute atomic E-state index is 10.2. The van der Waals surface area contributed by atoms with Gasteiger partial charge in [-0.3, -0.25) is 0 Å². The van der Waals surface area contributed by atoms with E-state index in [0.717, 1.165) is 16.9 Å². The zero-order chi connectivity index (χ0) is 24.3. The molecule has 2 N–H and O–H groups in total. The third-order valence-electron chi connectivity index (χ3n) is 6.04. The SMILES string of the molecule is Cc1ccc(-c2c(C#N)c(N)n(C(C)(C)C)c2N(Cc2ccccc2)Cc2ccccc2)cc1. The first-order valence-electron chi connectivity index (χ1n) is 11.6. The van der Waals surface area contributed by atoms with E-state index < -0.39 is 0 Å². The van der Waals surface area contributed by atoms with Gasteiger partial charge < -0.3 is 15.2 Å². The van der Waals surface area contributed by atoms with Crippen LogP contribution in [0.25, 0.3) is 11.1 Å². The number of nitrogens with two attached hydrogens (primary N) is 1. The van der Waals surface area contributed by atoms with Crippen LogP contribution in [0.2, 0.25) is 0 Å². The number of benzene rings is 3. The minimum atomic E-state index is -0.320. The van der Waals surface area contributed by atoms with Gasteiger partial charge in [-0.2, -0.15) is 5.26 Å². The highest BCUT2D eigenvalue weighted by molar-refractivity contribution is 5.88. The van der Waals surface area contributed by atoms with Crippen LogP contribution in [0.15, 0.2) is 84.9 Å². The minimum Gasteiger partial charge on any atom is -0.384 e. The van der Waals surface area contributed by atoms with Crippen molar-refractivity contribution in [2.24, 2.45) is 0 Å². The highest BCUT2D eigenvalue weighted by Crippen LogP contribution is 2.44. The second-order valence-electron chi connectivity index (χ2n) is 9.77. The van der Waals surface area contributed by atoms with E-state index in [2.05, 4.69) is 116 Å². The molecule has 172 valence electrons. The molecule has 0 bridgehead atoms. The van der Waals surface area contributed by atoms with Crippen molar-refractivity contribution < 1.29 is 0 Å². The Hall–Kier alpha value is -3.97. The van der Waals surface area contributed by atoms with Crippen LogP contribution in [0, 0.1) is 18.3 Å². The predicted molar refractivity (Wildman–Crippen MR) is 141 cm³/mol. The van der Waals surface area contributed by atoms with E-state index in [9.17, 15) is 5.26 Å². The normalized spacial score (nSPS) is 11.3. The standard InChI is InChI=1S/C30H32N4/c1-22-15-17-25(18-16-22)27-26(19-31)28(32)34(30(2,3)4)29(27)33(20-23-11-7-5-8-12-23)21-24-13-9-6-10-14-24/h5-18H,20-21,32H2,1-4H3. The van der Waals surface area contributed by atoms with Gasteiger partial charge in [0.2, 0.25) is 0 Å². The molecule has 0 spiro atoms. The summed E-state index contributed by atoms with van der Waals surface area (Å²) < 4.78 is 2.13. The molecule has 0 radical (unpaired) electrons. The van der Waals surface area contributed by atoms with Crippen LogP contribution in [0.4, 0.5) is 11.6 Å². The fourth-order valence-corrected chi connectivity index (χ4v) is 4.48. The molecular formula is C30H32N4. The van der Waals surface area contributed by atoms with E-state index in [-0.39, 0.29) is 5.54 Å². The van der Waals surface area contributed by atoms with Gasteiger partial charge >= 0.3 is 0 Å². The zero-order valence-corrected chi connectivity index (χ0v) is 20.4. The minimum absolute atomic E-state index is 0.320. The molecule has 0 aliphatic carbocycles. The molecule has 0 aliphatic heterocycles. The lowest BCUT2D eigenvalue weighted by Gasteiger charge is -2.33. The molecule has 3 aromatic carbocycles. The Morgan fingerprint density at radius 2 is 1.32 bits per heavy atom. The van der Waals surface area contributed by atoms with Gasteiger partial charge in [0.25, 0.3) is 0 Å². The topological polar surface area (TPSA) is 58.0 Å². The lowest BCUT2D eigenvalue weighted by Crippen LogP contribution is -2.31. The number of rotatable bonds is 6. The lowest BCUT2D eigenvalue weighted by molar-refractivity contribution is 0.402. The van der Waals surface area contributed by atoms with E-state index in [0.29, 0.717) is 24.5 Å². The molecule has 1 aromatic heterocycles. The number of hydrogen-bond donors (Lipinski definition) is 1. The highest BCUT2D eigenvalue weighted by Gasteiger charge is 2.31. The number of anilines is 2. The maximum atomic E-state index is 10.2. The van der Waals surface area contributed by atoms with Crippen molar-refractivity contribution in [1.82, 2.24) is 4.57 Å². The van der Waals surface area contributed by atoms with E-state index in [1.54, 1.807) is 0 Å². The lowest BCUT2D eigenvalue weighted by atomic mass is 10.0. The number of aromatic nitrogens is 1. The smallest absolute Gasteiger partial charge is 0.124 e. The second-order valence-corrected chi connectivity index (χ2v) is 9.77. The van der Waals surface area contributed by atoms with Crippen LogP contribution in [-0.2, 0) is 18.6 Å². The third kappa shape index (κ3) is 4.70. The van der Waals surface area contributed by atoms with Gasteiger partial charge in [-0.15, -0.1) is 0 Å². The molecule has 0 aliphatic rings. The Morgan fingerprint density at radius 1 is 0.824 bits per heavy atom. The van der Waals surface area contributed by atoms with Gasteiger partial charge in [0, 0.05) is 24.2 Å². The zero-order valence-electron chi connectivity index (χ0n) is 20.4. The van der Waals surface area contributed by atoms with Crippen LogP contribution in [0.1, 0.15) is 43.0 Å². The van der Waals surface area contributed by atoms with Crippen LogP contribution < -0.4 is 10.6 Å². The number of nitrogen functional groups attached to an aromatic ring is 1. The molecule has 0 unspecified atom stereocenters. The van der Waals surface area contributed by atoms with E-state index in [4.69, 9.17) is 5.73 Å². The molecule has 34 heavy (non-hydrogen) atoms. The summed E-state index contributed by atoms with van der Waals surface area (Å²) in [5, 5.41) is 10.2. The van der Waals surface area contributed by atoms with Crippen molar-refractivity contribution in [3.05, 3.63) is 107 Å². The van der Waals surface area contributed by atoms with Crippen molar-refractivity contribution in [2.45, 2.75) is 46.3 Å². The fourth-order valence-electron chi connectivity index (χ4n) is 4.48. The molecule has 0 amide bonds. The molecule has 0 fully saturated rings. The summed E-state index contributed by atoms with van der Waals surface area (Å²) in [4.78, 5) is 2.35. The van der Waals surface area contributed by atoms with Crippen molar-refractivity contribution in [2.75, 3.05) is 10.6 Å². The number of aryl methyl sites for hydroxylation is 1. The summed E-state index contributed by atoms with van der Waals surface area (Å²) >= 11 is 0. The Bertz CT molecular complexity index is 1250. The molecular weight excluding hydrogens is 416 g/mol. The summed E-state index contributed by atoms with van der Waals surface area (Å²) in [6.45, 7) is 9.86. The molecule has 0 saturated carbocycles. The Morgan fingerprint density at radius 3 is 1.76 bits per heavy atom.